The zero-order valence-electron chi connectivity index (χ0n) is 18.6. The number of ether oxygens (including phenoxy) is 1. The molecule has 0 radical (unpaired) electrons. The molecule has 0 spiro atoms. The molecule has 1 N–H and O–H groups in total. The summed E-state index contributed by atoms with van der Waals surface area (Å²) in [6.07, 6.45) is 3.79. The largest absolute Gasteiger partial charge is 0.507 e. The van der Waals surface area contributed by atoms with Gasteiger partial charge < -0.3 is 9.84 Å². The highest BCUT2D eigenvalue weighted by Crippen LogP contribution is 2.42. The smallest absolute Gasteiger partial charge is 0.300 e. The van der Waals surface area contributed by atoms with Gasteiger partial charge in [-0.15, -0.1) is 0 Å². The monoisotopic (exact) mass is 464 g/mol. The number of pyridine rings is 1. The van der Waals surface area contributed by atoms with Crippen molar-refractivity contribution in [3.63, 3.8) is 0 Å². The average Bonchev–Trinajstić information content (AvgIpc) is 3.10. The lowest BCUT2D eigenvalue weighted by Crippen LogP contribution is -2.29. The van der Waals surface area contributed by atoms with Crippen LogP contribution in [0.4, 0.5) is 14.5 Å². The topological polar surface area (TPSA) is 79.7 Å². The van der Waals surface area contributed by atoms with Crippen LogP contribution in [0.5, 0.6) is 5.75 Å². The van der Waals surface area contributed by atoms with Crippen molar-refractivity contribution in [1.82, 2.24) is 4.98 Å². The minimum absolute atomic E-state index is 0.0126. The van der Waals surface area contributed by atoms with Crippen molar-refractivity contribution in [3.05, 3.63) is 94.8 Å². The van der Waals surface area contributed by atoms with Crippen LogP contribution in [0.1, 0.15) is 36.1 Å². The molecule has 1 amide bonds. The minimum atomic E-state index is -1.16. The highest BCUT2D eigenvalue weighted by molar-refractivity contribution is 6.51. The van der Waals surface area contributed by atoms with Crippen molar-refractivity contribution >= 4 is 23.1 Å². The SMILES string of the molecule is CCCOc1ccc(/C(O)=C2\C(=O)C(=O)N(c3ccc(F)c(F)c3)C2c2ccncc2)cc1C. The summed E-state index contributed by atoms with van der Waals surface area (Å²) in [7, 11) is 0. The first kappa shape index (κ1) is 23.1. The molecule has 1 aromatic heterocycles. The standard InChI is InChI=1S/C26H22F2N2O4/c1-3-12-34-21-7-4-17(13-15(21)2)24(31)22-23(16-8-10-29-11-9-16)30(26(33)25(22)32)18-5-6-19(27)20(28)14-18/h4-11,13-14,23,31H,3,12H2,1-2H3/b24-22+. The molecule has 4 rings (SSSR count). The second kappa shape index (κ2) is 9.43. The fraction of sp³-hybridized carbons (Fsp3) is 0.192. The van der Waals surface area contributed by atoms with Crippen molar-refractivity contribution in [1.29, 1.82) is 0 Å². The quantitative estimate of drug-likeness (QED) is 0.313. The van der Waals surface area contributed by atoms with Gasteiger partial charge in [0, 0.05) is 29.7 Å². The molecule has 34 heavy (non-hydrogen) atoms. The van der Waals surface area contributed by atoms with E-state index in [4.69, 9.17) is 4.74 Å². The number of nitrogens with zero attached hydrogens (tertiary/aromatic N) is 2. The van der Waals surface area contributed by atoms with E-state index in [1.54, 1.807) is 30.3 Å². The van der Waals surface area contributed by atoms with Crippen LogP contribution >= 0.6 is 0 Å². The number of aliphatic hydroxyl groups is 1. The summed E-state index contributed by atoms with van der Waals surface area (Å²) < 4.78 is 33.2. The molecule has 174 valence electrons. The number of Topliss-reactive ketones (excluding diaryl/α,β-unsaturated/α-hetero) is 1. The van der Waals surface area contributed by atoms with Gasteiger partial charge in [-0.25, -0.2) is 8.78 Å². The van der Waals surface area contributed by atoms with E-state index in [0.717, 1.165) is 29.0 Å². The highest BCUT2D eigenvalue weighted by atomic mass is 19.2. The average molecular weight is 464 g/mol. The van der Waals surface area contributed by atoms with E-state index in [0.29, 0.717) is 23.5 Å². The number of carbonyl (C=O) groups excluding carboxylic acids is 2. The Balaban J connectivity index is 1.87. The second-order valence-corrected chi connectivity index (χ2v) is 7.88. The Morgan fingerprint density at radius 2 is 1.79 bits per heavy atom. The van der Waals surface area contributed by atoms with Gasteiger partial charge in [0.1, 0.15) is 11.5 Å². The second-order valence-electron chi connectivity index (χ2n) is 7.88. The lowest BCUT2D eigenvalue weighted by Gasteiger charge is -2.25. The molecule has 0 bridgehead atoms. The van der Waals surface area contributed by atoms with Gasteiger partial charge in [0.05, 0.1) is 18.2 Å². The molecular weight excluding hydrogens is 442 g/mol. The molecule has 1 fully saturated rings. The molecule has 0 aliphatic carbocycles. The molecule has 1 atom stereocenters. The Morgan fingerprint density at radius 1 is 1.06 bits per heavy atom. The number of rotatable bonds is 6. The van der Waals surface area contributed by atoms with E-state index in [9.17, 15) is 23.5 Å². The van der Waals surface area contributed by atoms with Crippen LogP contribution in [0.15, 0.2) is 66.5 Å². The van der Waals surface area contributed by atoms with Crippen molar-refractivity contribution in [2.24, 2.45) is 0 Å². The number of anilines is 1. The first-order valence-corrected chi connectivity index (χ1v) is 10.7. The summed E-state index contributed by atoms with van der Waals surface area (Å²) in [5.41, 5.74) is 1.36. The Morgan fingerprint density at radius 3 is 2.44 bits per heavy atom. The predicted molar refractivity (Wildman–Crippen MR) is 122 cm³/mol. The van der Waals surface area contributed by atoms with E-state index in [1.807, 2.05) is 13.8 Å². The maximum Gasteiger partial charge on any atom is 0.300 e. The number of carbonyl (C=O) groups is 2. The fourth-order valence-corrected chi connectivity index (χ4v) is 3.92. The lowest BCUT2D eigenvalue weighted by molar-refractivity contribution is -0.132. The first-order chi connectivity index (χ1) is 16.3. The molecule has 2 aromatic carbocycles. The van der Waals surface area contributed by atoms with Crippen LogP contribution < -0.4 is 9.64 Å². The van der Waals surface area contributed by atoms with Gasteiger partial charge in [0.15, 0.2) is 11.6 Å². The molecule has 3 aromatic rings. The van der Waals surface area contributed by atoms with Gasteiger partial charge >= 0.3 is 0 Å². The molecule has 6 nitrogen and oxygen atoms in total. The summed E-state index contributed by atoms with van der Waals surface area (Å²) >= 11 is 0. The zero-order valence-corrected chi connectivity index (χ0v) is 18.6. The summed E-state index contributed by atoms with van der Waals surface area (Å²) in [6.45, 7) is 4.33. The molecule has 2 heterocycles. The van der Waals surface area contributed by atoms with E-state index in [-0.39, 0.29) is 17.0 Å². The predicted octanol–water partition coefficient (Wildman–Crippen LogP) is 5.08. The third-order valence-corrected chi connectivity index (χ3v) is 5.56. The van der Waals surface area contributed by atoms with Crippen LogP contribution in [0, 0.1) is 18.6 Å². The third-order valence-electron chi connectivity index (χ3n) is 5.56. The van der Waals surface area contributed by atoms with Gasteiger partial charge in [-0.2, -0.15) is 0 Å². The van der Waals surface area contributed by atoms with E-state index in [2.05, 4.69) is 4.98 Å². The Kier molecular flexibility index (Phi) is 6.40. The Bertz CT molecular complexity index is 1290. The molecular formula is C26H22F2N2O4. The van der Waals surface area contributed by atoms with Crippen LogP contribution in [0.3, 0.4) is 0 Å². The Hall–Kier alpha value is -4.07. The number of hydrogen-bond donors (Lipinski definition) is 1. The van der Waals surface area contributed by atoms with Gasteiger partial charge in [-0.05, 0) is 66.9 Å². The molecule has 1 aliphatic heterocycles. The summed E-state index contributed by atoms with van der Waals surface area (Å²) in [6, 6.07) is 9.99. The van der Waals surface area contributed by atoms with Crippen LogP contribution in [0.2, 0.25) is 0 Å². The molecule has 1 saturated heterocycles. The Labute approximate surface area is 195 Å². The van der Waals surface area contributed by atoms with Crippen molar-refractivity contribution < 1.29 is 28.2 Å². The molecule has 0 saturated carbocycles. The molecule has 1 unspecified atom stereocenters. The van der Waals surface area contributed by atoms with Crippen molar-refractivity contribution in [3.8, 4) is 5.75 Å². The molecule has 8 heteroatoms. The minimum Gasteiger partial charge on any atom is -0.507 e. The van der Waals surface area contributed by atoms with E-state index >= 15 is 0 Å². The number of aliphatic hydroxyl groups excluding tert-OH is 1. The maximum absolute atomic E-state index is 14.0. The van der Waals surface area contributed by atoms with E-state index < -0.39 is 29.4 Å². The van der Waals surface area contributed by atoms with Crippen molar-refractivity contribution in [2.45, 2.75) is 26.3 Å². The number of halogens is 2. The van der Waals surface area contributed by atoms with Crippen LogP contribution in [-0.4, -0.2) is 28.4 Å². The number of amides is 1. The maximum atomic E-state index is 14.0. The number of ketones is 1. The fourth-order valence-electron chi connectivity index (χ4n) is 3.92. The number of hydrogen-bond acceptors (Lipinski definition) is 5. The van der Waals surface area contributed by atoms with Gasteiger partial charge in [-0.3, -0.25) is 19.5 Å². The molecule has 1 aliphatic rings. The van der Waals surface area contributed by atoms with Crippen LogP contribution in [0.25, 0.3) is 5.76 Å². The normalized spacial score (nSPS) is 17.3. The van der Waals surface area contributed by atoms with Crippen molar-refractivity contribution in [2.75, 3.05) is 11.5 Å². The van der Waals surface area contributed by atoms with E-state index in [1.165, 1.54) is 18.5 Å². The van der Waals surface area contributed by atoms with Gasteiger partial charge in [0.25, 0.3) is 11.7 Å². The third kappa shape index (κ3) is 4.14. The van der Waals surface area contributed by atoms with Crippen LogP contribution in [-0.2, 0) is 9.59 Å². The zero-order chi connectivity index (χ0) is 24.4. The first-order valence-electron chi connectivity index (χ1n) is 10.7. The van der Waals surface area contributed by atoms with Gasteiger partial charge in [-0.1, -0.05) is 6.92 Å². The summed E-state index contributed by atoms with van der Waals surface area (Å²) in [5, 5.41) is 11.2. The summed E-state index contributed by atoms with van der Waals surface area (Å²) in [4.78, 5) is 31.2. The van der Waals surface area contributed by atoms with Gasteiger partial charge in [0.2, 0.25) is 0 Å². The summed E-state index contributed by atoms with van der Waals surface area (Å²) in [5.74, 6) is -3.88. The lowest BCUT2D eigenvalue weighted by atomic mass is 9.95. The number of aryl methyl sites for hydroxylation is 1. The number of aromatic nitrogens is 1. The highest BCUT2D eigenvalue weighted by Gasteiger charge is 2.47. The number of benzene rings is 2.